The van der Waals surface area contributed by atoms with Gasteiger partial charge in [0.15, 0.2) is 0 Å². The lowest BCUT2D eigenvalue weighted by Gasteiger charge is -2.33. The number of aromatic nitrogens is 2. The lowest BCUT2D eigenvalue weighted by molar-refractivity contribution is 0.340. The molecule has 1 aliphatic rings. The average Bonchev–Trinajstić information content (AvgIpc) is 2.70. The summed E-state index contributed by atoms with van der Waals surface area (Å²) in [4.78, 5) is 26.3. The van der Waals surface area contributed by atoms with Gasteiger partial charge in [0.05, 0.1) is 11.5 Å². The molecule has 0 aliphatic carbocycles. The zero-order valence-electron chi connectivity index (χ0n) is 16.8. The zero-order valence-corrected chi connectivity index (χ0v) is 17.6. The Balaban J connectivity index is 1.67. The van der Waals surface area contributed by atoms with Crippen LogP contribution >= 0.6 is 0 Å². The number of nitrogens with one attached hydrogen (secondary N) is 1. The number of piperidine rings is 1. The van der Waals surface area contributed by atoms with Crippen LogP contribution in [-0.4, -0.2) is 43.3 Å². The summed E-state index contributed by atoms with van der Waals surface area (Å²) in [5.41, 5.74) is -0.277. The second-order valence-corrected chi connectivity index (χ2v) is 8.77. The highest BCUT2D eigenvalue weighted by Crippen LogP contribution is 2.20. The third kappa shape index (κ3) is 4.54. The molecular formula is C19H26N4O5S. The van der Waals surface area contributed by atoms with Gasteiger partial charge in [0.25, 0.3) is 5.56 Å². The van der Waals surface area contributed by atoms with Crippen molar-refractivity contribution in [2.24, 2.45) is 14.1 Å². The predicted molar refractivity (Wildman–Crippen MR) is 110 cm³/mol. The van der Waals surface area contributed by atoms with Crippen molar-refractivity contribution in [2.75, 3.05) is 24.6 Å². The van der Waals surface area contributed by atoms with Crippen molar-refractivity contribution in [2.45, 2.75) is 30.7 Å². The van der Waals surface area contributed by atoms with Gasteiger partial charge in [-0.15, -0.1) is 0 Å². The molecule has 10 heteroatoms. The maximum Gasteiger partial charge on any atom is 0.330 e. The molecule has 0 unspecified atom stereocenters. The fraction of sp³-hybridized carbons (Fsp3) is 0.474. The van der Waals surface area contributed by atoms with Crippen LogP contribution in [0.15, 0.2) is 44.9 Å². The minimum absolute atomic E-state index is 0.190. The smallest absolute Gasteiger partial charge is 0.330 e. The number of benzene rings is 1. The standard InChI is InChI=1S/C19H26N4O5S/c1-4-28-15-5-7-16(8-6-15)29(26,27)20-14-9-11-23(12-10-14)17-13-21(2)19(25)22(3)18(17)24/h5-8,13-14,20H,4,9-12H2,1-3H3. The van der Waals surface area contributed by atoms with Crippen molar-refractivity contribution in [1.82, 2.24) is 13.9 Å². The molecule has 0 saturated carbocycles. The maximum atomic E-state index is 12.6. The van der Waals surface area contributed by atoms with Crippen LogP contribution in [0, 0.1) is 0 Å². The highest BCUT2D eigenvalue weighted by molar-refractivity contribution is 7.89. The van der Waals surface area contributed by atoms with E-state index in [0.29, 0.717) is 44.0 Å². The van der Waals surface area contributed by atoms with Crippen LogP contribution in [0.1, 0.15) is 19.8 Å². The molecular weight excluding hydrogens is 396 g/mol. The summed E-state index contributed by atoms with van der Waals surface area (Å²) in [5.74, 6) is 0.624. The van der Waals surface area contributed by atoms with E-state index in [1.807, 2.05) is 11.8 Å². The van der Waals surface area contributed by atoms with Gasteiger partial charge in [-0.2, -0.15) is 0 Å². The normalized spacial score (nSPS) is 15.5. The third-order valence-electron chi connectivity index (χ3n) is 5.03. The predicted octanol–water partition coefficient (Wildman–Crippen LogP) is 0.430. The lowest BCUT2D eigenvalue weighted by Crippen LogP contribution is -2.47. The molecule has 2 heterocycles. The van der Waals surface area contributed by atoms with E-state index in [0.717, 1.165) is 4.57 Å². The molecule has 1 fully saturated rings. The van der Waals surface area contributed by atoms with E-state index in [-0.39, 0.29) is 22.2 Å². The summed E-state index contributed by atoms with van der Waals surface area (Å²) in [7, 11) is -0.586. The van der Waals surface area contributed by atoms with E-state index in [1.165, 1.54) is 29.9 Å². The van der Waals surface area contributed by atoms with Crippen molar-refractivity contribution in [1.29, 1.82) is 0 Å². The molecule has 2 aromatic rings. The van der Waals surface area contributed by atoms with E-state index in [1.54, 1.807) is 19.2 Å². The highest BCUT2D eigenvalue weighted by Gasteiger charge is 2.26. The highest BCUT2D eigenvalue weighted by atomic mass is 32.2. The number of aryl methyl sites for hydroxylation is 1. The van der Waals surface area contributed by atoms with E-state index in [2.05, 4.69) is 4.72 Å². The van der Waals surface area contributed by atoms with E-state index in [4.69, 9.17) is 4.74 Å². The van der Waals surface area contributed by atoms with Crippen molar-refractivity contribution in [3.8, 4) is 5.75 Å². The monoisotopic (exact) mass is 422 g/mol. The summed E-state index contributed by atoms with van der Waals surface area (Å²) in [6.07, 6.45) is 2.65. The third-order valence-corrected chi connectivity index (χ3v) is 6.57. The number of hydrogen-bond donors (Lipinski definition) is 1. The second kappa shape index (κ2) is 8.42. The number of hydrogen-bond acceptors (Lipinski definition) is 6. The molecule has 29 heavy (non-hydrogen) atoms. The molecule has 1 N–H and O–H groups in total. The van der Waals surface area contributed by atoms with Crippen LogP contribution in [0.5, 0.6) is 5.75 Å². The fourth-order valence-corrected chi connectivity index (χ4v) is 4.72. The van der Waals surface area contributed by atoms with Gasteiger partial charge in [-0.1, -0.05) is 0 Å². The van der Waals surface area contributed by atoms with Crippen LogP contribution in [0.25, 0.3) is 0 Å². The molecule has 0 spiro atoms. The first-order valence-electron chi connectivity index (χ1n) is 9.49. The lowest BCUT2D eigenvalue weighted by atomic mass is 10.1. The molecule has 1 aliphatic heterocycles. The molecule has 0 radical (unpaired) electrons. The summed E-state index contributed by atoms with van der Waals surface area (Å²) >= 11 is 0. The molecule has 1 saturated heterocycles. The second-order valence-electron chi connectivity index (χ2n) is 7.06. The van der Waals surface area contributed by atoms with Gasteiger partial charge in [-0.05, 0) is 44.0 Å². The minimum Gasteiger partial charge on any atom is -0.494 e. The number of ether oxygens (including phenoxy) is 1. The summed E-state index contributed by atoms with van der Waals surface area (Å²) in [6, 6.07) is 6.10. The SMILES string of the molecule is CCOc1ccc(S(=O)(=O)NC2CCN(c3cn(C)c(=O)n(C)c3=O)CC2)cc1. The molecule has 0 bridgehead atoms. The van der Waals surface area contributed by atoms with Gasteiger partial charge in [0.2, 0.25) is 10.0 Å². The zero-order chi connectivity index (χ0) is 21.2. The van der Waals surface area contributed by atoms with Crippen LogP contribution in [0.3, 0.4) is 0 Å². The van der Waals surface area contributed by atoms with Crippen LogP contribution in [0.2, 0.25) is 0 Å². The van der Waals surface area contributed by atoms with Gasteiger partial charge < -0.3 is 14.2 Å². The van der Waals surface area contributed by atoms with Crippen LogP contribution < -0.4 is 25.6 Å². The van der Waals surface area contributed by atoms with Gasteiger partial charge in [0, 0.05) is 39.4 Å². The van der Waals surface area contributed by atoms with Gasteiger partial charge in [-0.25, -0.2) is 17.9 Å². The Hall–Kier alpha value is -2.59. The average molecular weight is 423 g/mol. The Morgan fingerprint density at radius 3 is 2.31 bits per heavy atom. The van der Waals surface area contributed by atoms with Crippen molar-refractivity contribution in [3.63, 3.8) is 0 Å². The van der Waals surface area contributed by atoms with Crippen LogP contribution in [-0.2, 0) is 24.1 Å². The molecule has 3 rings (SSSR count). The largest absolute Gasteiger partial charge is 0.494 e. The Kier molecular flexibility index (Phi) is 6.13. The first-order valence-corrected chi connectivity index (χ1v) is 11.0. The first kappa shape index (κ1) is 21.1. The Morgan fingerprint density at radius 1 is 1.10 bits per heavy atom. The molecule has 9 nitrogen and oxygen atoms in total. The fourth-order valence-electron chi connectivity index (χ4n) is 3.41. The number of anilines is 1. The summed E-state index contributed by atoms with van der Waals surface area (Å²) < 4.78 is 35.8. The first-order chi connectivity index (χ1) is 13.7. The van der Waals surface area contributed by atoms with Gasteiger partial charge in [-0.3, -0.25) is 9.36 Å². The van der Waals surface area contributed by atoms with Crippen molar-refractivity contribution in [3.05, 3.63) is 51.3 Å². The number of nitrogens with zero attached hydrogens (tertiary/aromatic N) is 3. The number of sulfonamides is 1. The van der Waals surface area contributed by atoms with Crippen molar-refractivity contribution >= 4 is 15.7 Å². The van der Waals surface area contributed by atoms with Crippen LogP contribution in [0.4, 0.5) is 5.69 Å². The molecule has 158 valence electrons. The molecule has 0 atom stereocenters. The molecule has 0 amide bonds. The maximum absolute atomic E-state index is 12.6. The summed E-state index contributed by atoms with van der Waals surface area (Å²) in [6.45, 7) is 3.42. The molecule has 1 aromatic carbocycles. The molecule has 1 aromatic heterocycles. The van der Waals surface area contributed by atoms with Gasteiger partial charge in [0.1, 0.15) is 11.4 Å². The Morgan fingerprint density at radius 2 is 1.72 bits per heavy atom. The number of rotatable bonds is 6. The van der Waals surface area contributed by atoms with E-state index in [9.17, 15) is 18.0 Å². The van der Waals surface area contributed by atoms with Gasteiger partial charge >= 0.3 is 5.69 Å². The van der Waals surface area contributed by atoms with E-state index < -0.39 is 10.0 Å². The summed E-state index contributed by atoms with van der Waals surface area (Å²) in [5, 5.41) is 0. The minimum atomic E-state index is -3.64. The van der Waals surface area contributed by atoms with E-state index >= 15 is 0 Å². The topological polar surface area (TPSA) is 103 Å². The Labute approximate surface area is 169 Å². The Bertz CT molecular complexity index is 1080. The van der Waals surface area contributed by atoms with Crippen molar-refractivity contribution < 1.29 is 13.2 Å². The quantitative estimate of drug-likeness (QED) is 0.724.